The van der Waals surface area contributed by atoms with Crippen LogP contribution in [0.5, 0.6) is 5.75 Å². The van der Waals surface area contributed by atoms with E-state index in [9.17, 15) is 27.0 Å². The maximum Gasteiger partial charge on any atom is 0.339 e. The van der Waals surface area contributed by atoms with Crippen LogP contribution in [-0.2, 0) is 15.0 Å². The SMILES string of the molecule is O=C(O)c1ccc(N2CC(S(=O)(=O)F)CC2=O)cc1O. The molecule has 0 aromatic heterocycles. The largest absolute Gasteiger partial charge is 0.507 e. The highest BCUT2D eigenvalue weighted by Crippen LogP contribution is 2.29. The van der Waals surface area contributed by atoms with E-state index in [0.29, 0.717) is 0 Å². The van der Waals surface area contributed by atoms with Gasteiger partial charge in [-0.1, -0.05) is 0 Å². The molecule has 0 bridgehead atoms. The van der Waals surface area contributed by atoms with Gasteiger partial charge >= 0.3 is 16.2 Å². The molecule has 1 atom stereocenters. The molecule has 0 aliphatic carbocycles. The van der Waals surface area contributed by atoms with Crippen molar-refractivity contribution in [1.29, 1.82) is 0 Å². The van der Waals surface area contributed by atoms with Crippen molar-refractivity contribution >= 4 is 27.8 Å². The van der Waals surface area contributed by atoms with Gasteiger partial charge in [-0.05, 0) is 12.1 Å². The molecule has 1 aromatic carbocycles. The Morgan fingerprint density at radius 2 is 2.05 bits per heavy atom. The van der Waals surface area contributed by atoms with Gasteiger partial charge in [-0.25, -0.2) is 4.79 Å². The summed E-state index contributed by atoms with van der Waals surface area (Å²) >= 11 is 0. The molecule has 7 nitrogen and oxygen atoms in total. The quantitative estimate of drug-likeness (QED) is 0.786. The Balaban J connectivity index is 2.31. The van der Waals surface area contributed by atoms with E-state index >= 15 is 0 Å². The molecule has 0 radical (unpaired) electrons. The Morgan fingerprint density at radius 3 is 2.50 bits per heavy atom. The Bertz CT molecular complexity index is 686. The molecule has 20 heavy (non-hydrogen) atoms. The molecule has 1 amide bonds. The van der Waals surface area contributed by atoms with Gasteiger partial charge in [0.2, 0.25) is 5.91 Å². The molecule has 2 N–H and O–H groups in total. The summed E-state index contributed by atoms with van der Waals surface area (Å²) in [5.74, 6) is -2.51. The lowest BCUT2D eigenvalue weighted by atomic mass is 10.1. The zero-order chi connectivity index (χ0) is 15.1. The number of nitrogens with zero attached hydrogens (tertiary/aromatic N) is 1. The van der Waals surface area contributed by atoms with Gasteiger partial charge in [0.1, 0.15) is 16.6 Å². The molecule has 1 aliphatic rings. The number of halogens is 1. The van der Waals surface area contributed by atoms with Gasteiger partial charge in [0.25, 0.3) is 0 Å². The lowest BCUT2D eigenvalue weighted by molar-refractivity contribution is -0.117. The van der Waals surface area contributed by atoms with Crippen molar-refractivity contribution in [3.63, 3.8) is 0 Å². The minimum absolute atomic E-state index is 0.114. The number of hydrogen-bond acceptors (Lipinski definition) is 5. The van der Waals surface area contributed by atoms with Gasteiger partial charge in [-0.3, -0.25) is 4.79 Å². The lowest BCUT2D eigenvalue weighted by Crippen LogP contribution is -2.26. The Kier molecular flexibility index (Phi) is 3.38. The van der Waals surface area contributed by atoms with Crippen molar-refractivity contribution in [3.05, 3.63) is 23.8 Å². The number of anilines is 1. The first-order chi connectivity index (χ1) is 9.20. The molecule has 9 heteroatoms. The molecule has 0 spiro atoms. The van der Waals surface area contributed by atoms with E-state index in [-0.39, 0.29) is 17.8 Å². The van der Waals surface area contributed by atoms with Crippen LogP contribution in [0.1, 0.15) is 16.8 Å². The first-order valence-electron chi connectivity index (χ1n) is 5.50. The number of benzene rings is 1. The summed E-state index contributed by atoms with van der Waals surface area (Å²) in [7, 11) is -4.83. The second-order valence-electron chi connectivity index (χ2n) is 4.31. The van der Waals surface area contributed by atoms with Crippen molar-refractivity contribution in [2.45, 2.75) is 11.7 Å². The zero-order valence-electron chi connectivity index (χ0n) is 9.98. The van der Waals surface area contributed by atoms with Gasteiger partial charge in [0.15, 0.2) is 0 Å². The average molecular weight is 303 g/mol. The van der Waals surface area contributed by atoms with Crippen molar-refractivity contribution in [2.75, 3.05) is 11.4 Å². The molecule has 2 rings (SSSR count). The van der Waals surface area contributed by atoms with E-state index in [4.69, 9.17) is 5.11 Å². The number of phenols is 1. The van der Waals surface area contributed by atoms with Crippen LogP contribution in [0.3, 0.4) is 0 Å². The fourth-order valence-electron chi connectivity index (χ4n) is 1.98. The molecule has 1 unspecified atom stereocenters. The summed E-state index contributed by atoms with van der Waals surface area (Å²) < 4.78 is 34.5. The third kappa shape index (κ3) is 2.57. The van der Waals surface area contributed by atoms with Crippen LogP contribution in [0.2, 0.25) is 0 Å². The van der Waals surface area contributed by atoms with E-state index in [1.165, 1.54) is 6.07 Å². The number of rotatable bonds is 3. The third-order valence-corrected chi connectivity index (χ3v) is 4.12. The molecule has 1 aromatic rings. The second kappa shape index (κ2) is 4.75. The molecule has 0 saturated carbocycles. The topological polar surface area (TPSA) is 112 Å². The number of hydrogen-bond donors (Lipinski definition) is 2. The Labute approximate surface area is 113 Å². The van der Waals surface area contributed by atoms with Gasteiger partial charge < -0.3 is 15.1 Å². The Hall–Kier alpha value is -2.16. The van der Waals surface area contributed by atoms with Crippen molar-refractivity contribution in [3.8, 4) is 5.75 Å². The summed E-state index contributed by atoms with van der Waals surface area (Å²) in [6.45, 7) is -0.372. The third-order valence-electron chi connectivity index (χ3n) is 3.01. The smallest absolute Gasteiger partial charge is 0.339 e. The van der Waals surface area contributed by atoms with Gasteiger partial charge in [-0.15, -0.1) is 3.89 Å². The highest BCUT2D eigenvalue weighted by atomic mass is 32.3. The first-order valence-corrected chi connectivity index (χ1v) is 6.95. The standard InChI is InChI=1S/C11H10FNO6S/c12-20(18,19)7-4-10(15)13(5-7)6-1-2-8(11(16)17)9(14)3-6/h1-3,7,14H,4-5H2,(H,16,17). The number of carbonyl (C=O) groups excluding carboxylic acids is 1. The fourth-order valence-corrected chi connectivity index (χ4v) is 2.65. The summed E-state index contributed by atoms with van der Waals surface area (Å²) in [6, 6.07) is 3.35. The molecular formula is C11H10FNO6S. The maximum absolute atomic E-state index is 12.9. The monoisotopic (exact) mass is 303 g/mol. The maximum atomic E-state index is 12.9. The fraction of sp³-hybridized carbons (Fsp3) is 0.273. The Morgan fingerprint density at radius 1 is 1.40 bits per heavy atom. The van der Waals surface area contributed by atoms with Crippen LogP contribution < -0.4 is 4.90 Å². The molecule has 1 saturated heterocycles. The lowest BCUT2D eigenvalue weighted by Gasteiger charge is -2.16. The minimum Gasteiger partial charge on any atom is -0.507 e. The number of carboxylic acid groups (broad SMARTS) is 1. The molecule has 1 aliphatic heterocycles. The summed E-state index contributed by atoms with van der Waals surface area (Å²) in [5.41, 5.74) is -0.237. The van der Waals surface area contributed by atoms with Crippen LogP contribution in [0.15, 0.2) is 18.2 Å². The number of aromatic carboxylic acids is 1. The van der Waals surface area contributed by atoms with E-state index in [1.807, 2.05) is 0 Å². The zero-order valence-corrected chi connectivity index (χ0v) is 10.8. The van der Waals surface area contributed by atoms with Gasteiger partial charge in [-0.2, -0.15) is 8.42 Å². The predicted octanol–water partition coefficient (Wildman–Crippen LogP) is 0.495. The molecule has 1 fully saturated rings. The predicted molar refractivity (Wildman–Crippen MR) is 65.9 cm³/mol. The average Bonchev–Trinajstić information content (AvgIpc) is 2.70. The van der Waals surface area contributed by atoms with Crippen LogP contribution in [0.4, 0.5) is 9.57 Å². The summed E-state index contributed by atoms with van der Waals surface area (Å²) in [5, 5.41) is 16.8. The van der Waals surface area contributed by atoms with Crippen LogP contribution >= 0.6 is 0 Å². The van der Waals surface area contributed by atoms with Crippen molar-refractivity contribution in [1.82, 2.24) is 0 Å². The van der Waals surface area contributed by atoms with E-state index in [2.05, 4.69) is 0 Å². The second-order valence-corrected chi connectivity index (χ2v) is 5.93. The van der Waals surface area contributed by atoms with Crippen LogP contribution in [0, 0.1) is 0 Å². The molecule has 1 heterocycles. The van der Waals surface area contributed by atoms with Crippen molar-refractivity contribution < 1.29 is 32.1 Å². The highest BCUT2D eigenvalue weighted by Gasteiger charge is 2.39. The van der Waals surface area contributed by atoms with Crippen molar-refractivity contribution in [2.24, 2.45) is 0 Å². The molecular weight excluding hydrogens is 293 g/mol. The minimum atomic E-state index is -4.83. The van der Waals surface area contributed by atoms with E-state index in [0.717, 1.165) is 17.0 Å². The number of carboxylic acids is 1. The van der Waals surface area contributed by atoms with E-state index < -0.39 is 39.5 Å². The number of aromatic hydroxyl groups is 1. The summed E-state index contributed by atoms with van der Waals surface area (Å²) in [6.07, 6.45) is -0.486. The van der Waals surface area contributed by atoms with Gasteiger partial charge in [0, 0.05) is 24.7 Å². The van der Waals surface area contributed by atoms with Gasteiger partial charge in [0.05, 0.1) is 0 Å². The van der Waals surface area contributed by atoms with Crippen LogP contribution in [0.25, 0.3) is 0 Å². The normalized spacial score (nSPS) is 19.4. The van der Waals surface area contributed by atoms with Crippen LogP contribution in [-0.4, -0.2) is 42.3 Å². The number of amides is 1. The molecule has 108 valence electrons. The highest BCUT2D eigenvalue weighted by molar-refractivity contribution is 7.87. The summed E-state index contributed by atoms with van der Waals surface area (Å²) in [4.78, 5) is 23.4. The number of carbonyl (C=O) groups is 2. The van der Waals surface area contributed by atoms with E-state index in [1.54, 1.807) is 0 Å². The first kappa shape index (κ1) is 14.3.